The Bertz CT molecular complexity index is 840. The van der Waals surface area contributed by atoms with Gasteiger partial charge in [0.1, 0.15) is 0 Å². The summed E-state index contributed by atoms with van der Waals surface area (Å²) in [5.41, 5.74) is 11.4. The first-order valence-electron chi connectivity index (χ1n) is 7.99. The summed E-state index contributed by atoms with van der Waals surface area (Å²) in [5, 5.41) is 0. The van der Waals surface area contributed by atoms with Crippen molar-refractivity contribution in [3.05, 3.63) is 82.5 Å². The third-order valence-corrected chi connectivity index (χ3v) is 4.58. The van der Waals surface area contributed by atoms with Crippen molar-refractivity contribution >= 4 is 11.6 Å². The summed E-state index contributed by atoms with van der Waals surface area (Å²) in [5.74, 6) is 0. The van der Waals surface area contributed by atoms with Crippen molar-refractivity contribution in [3.63, 3.8) is 0 Å². The zero-order valence-electron chi connectivity index (χ0n) is 13.2. The standard InChI is InChI=1S/C22H20/c1-15(2)13-21-19(16-7-3-4-8-16)11-12-20-18-10-6-5-9-17(18)14-22(20)21/h3-7,9-13H,8,14H2,1-2H3. The van der Waals surface area contributed by atoms with Gasteiger partial charge < -0.3 is 0 Å². The highest BCUT2D eigenvalue weighted by molar-refractivity contribution is 5.87. The predicted molar refractivity (Wildman–Crippen MR) is 95.7 cm³/mol. The van der Waals surface area contributed by atoms with E-state index in [1.807, 2.05) is 0 Å². The minimum absolute atomic E-state index is 1.05. The van der Waals surface area contributed by atoms with E-state index in [4.69, 9.17) is 0 Å². The van der Waals surface area contributed by atoms with Crippen molar-refractivity contribution in [1.82, 2.24) is 0 Å². The molecule has 0 N–H and O–H groups in total. The van der Waals surface area contributed by atoms with Crippen LogP contribution in [0.3, 0.4) is 0 Å². The Morgan fingerprint density at radius 2 is 1.77 bits per heavy atom. The van der Waals surface area contributed by atoms with Gasteiger partial charge in [-0.25, -0.2) is 0 Å². The molecule has 2 aromatic carbocycles. The Morgan fingerprint density at radius 3 is 2.55 bits per heavy atom. The van der Waals surface area contributed by atoms with Crippen molar-refractivity contribution in [1.29, 1.82) is 0 Å². The van der Waals surface area contributed by atoms with Gasteiger partial charge in [0.15, 0.2) is 0 Å². The summed E-state index contributed by atoms with van der Waals surface area (Å²) in [4.78, 5) is 0. The second-order valence-corrected chi connectivity index (χ2v) is 6.43. The summed E-state index contributed by atoms with van der Waals surface area (Å²) in [7, 11) is 0. The molecule has 4 rings (SSSR count). The molecule has 0 saturated heterocycles. The quantitative estimate of drug-likeness (QED) is 0.539. The predicted octanol–water partition coefficient (Wildman–Crippen LogP) is 6.02. The highest BCUT2D eigenvalue weighted by atomic mass is 14.3. The van der Waals surface area contributed by atoms with Gasteiger partial charge in [-0.05, 0) is 65.6 Å². The molecule has 0 unspecified atom stereocenters. The van der Waals surface area contributed by atoms with Crippen LogP contribution < -0.4 is 0 Å². The summed E-state index contributed by atoms with van der Waals surface area (Å²) in [6.07, 6.45) is 11.1. The Labute approximate surface area is 132 Å². The van der Waals surface area contributed by atoms with Crippen LogP contribution in [0.25, 0.3) is 22.8 Å². The molecule has 108 valence electrons. The van der Waals surface area contributed by atoms with E-state index in [0.717, 1.165) is 12.8 Å². The zero-order chi connectivity index (χ0) is 15.1. The molecule has 0 saturated carbocycles. The highest BCUT2D eigenvalue weighted by Gasteiger charge is 2.22. The van der Waals surface area contributed by atoms with E-state index >= 15 is 0 Å². The molecule has 0 spiro atoms. The van der Waals surface area contributed by atoms with Crippen molar-refractivity contribution < 1.29 is 0 Å². The maximum Gasteiger partial charge on any atom is -0.000728 e. The lowest BCUT2D eigenvalue weighted by Gasteiger charge is -2.14. The Hall–Kier alpha value is -2.34. The average Bonchev–Trinajstić information content (AvgIpc) is 3.14. The maximum atomic E-state index is 2.36. The van der Waals surface area contributed by atoms with E-state index in [0.29, 0.717) is 0 Å². The minimum atomic E-state index is 1.05. The molecular weight excluding hydrogens is 264 g/mol. The van der Waals surface area contributed by atoms with Crippen LogP contribution in [0, 0.1) is 0 Å². The smallest absolute Gasteiger partial charge is 0.000728 e. The van der Waals surface area contributed by atoms with Crippen molar-refractivity contribution in [3.8, 4) is 11.1 Å². The Kier molecular flexibility index (Phi) is 3.11. The topological polar surface area (TPSA) is 0 Å². The number of hydrogen-bond acceptors (Lipinski definition) is 0. The molecule has 0 aromatic heterocycles. The van der Waals surface area contributed by atoms with Crippen LogP contribution in [0.15, 0.2) is 60.2 Å². The zero-order valence-corrected chi connectivity index (χ0v) is 13.2. The molecule has 2 aliphatic rings. The summed E-state index contributed by atoms with van der Waals surface area (Å²) < 4.78 is 0. The molecule has 0 heteroatoms. The van der Waals surface area contributed by atoms with Crippen LogP contribution in [0.5, 0.6) is 0 Å². The molecule has 0 nitrogen and oxygen atoms in total. The largest absolute Gasteiger partial charge is 0.0801 e. The summed E-state index contributed by atoms with van der Waals surface area (Å²) in [6, 6.07) is 13.4. The number of hydrogen-bond donors (Lipinski definition) is 0. The average molecular weight is 284 g/mol. The number of fused-ring (bicyclic) bond motifs is 3. The van der Waals surface area contributed by atoms with Crippen LogP contribution in [-0.4, -0.2) is 0 Å². The molecule has 0 atom stereocenters. The van der Waals surface area contributed by atoms with Gasteiger partial charge in [0.25, 0.3) is 0 Å². The summed E-state index contributed by atoms with van der Waals surface area (Å²) >= 11 is 0. The van der Waals surface area contributed by atoms with Crippen LogP contribution in [0.4, 0.5) is 0 Å². The van der Waals surface area contributed by atoms with Gasteiger partial charge in [0.05, 0.1) is 0 Å². The molecule has 0 heterocycles. The number of allylic oxidation sites excluding steroid dienone is 5. The molecular formula is C22H20. The van der Waals surface area contributed by atoms with Gasteiger partial charge in [-0.2, -0.15) is 0 Å². The SMILES string of the molecule is CC(C)=Cc1c(C2=CC=CC2)ccc2c1Cc1ccccc1-2. The van der Waals surface area contributed by atoms with Gasteiger partial charge in [0, 0.05) is 0 Å². The lowest BCUT2D eigenvalue weighted by atomic mass is 9.90. The van der Waals surface area contributed by atoms with Gasteiger partial charge in [-0.1, -0.05) is 66.3 Å². The molecule has 0 bridgehead atoms. The number of rotatable bonds is 2. The fourth-order valence-corrected chi connectivity index (χ4v) is 3.62. The van der Waals surface area contributed by atoms with Crippen molar-refractivity contribution in [2.75, 3.05) is 0 Å². The van der Waals surface area contributed by atoms with Crippen LogP contribution in [-0.2, 0) is 6.42 Å². The van der Waals surface area contributed by atoms with E-state index in [2.05, 4.69) is 74.5 Å². The maximum absolute atomic E-state index is 2.36. The molecule has 0 fully saturated rings. The lowest BCUT2D eigenvalue weighted by Crippen LogP contribution is -1.95. The first kappa shape index (κ1) is 13.3. The molecule has 0 aliphatic heterocycles. The number of benzene rings is 2. The fraction of sp³-hybridized carbons (Fsp3) is 0.182. The van der Waals surface area contributed by atoms with Crippen molar-refractivity contribution in [2.24, 2.45) is 0 Å². The van der Waals surface area contributed by atoms with Crippen LogP contribution >= 0.6 is 0 Å². The third kappa shape index (κ3) is 2.07. The van der Waals surface area contributed by atoms with E-state index in [9.17, 15) is 0 Å². The van der Waals surface area contributed by atoms with Gasteiger partial charge in [-0.3, -0.25) is 0 Å². The molecule has 2 aromatic rings. The van der Waals surface area contributed by atoms with Crippen LogP contribution in [0.2, 0.25) is 0 Å². The second-order valence-electron chi connectivity index (χ2n) is 6.43. The van der Waals surface area contributed by atoms with Gasteiger partial charge in [-0.15, -0.1) is 0 Å². The lowest BCUT2D eigenvalue weighted by molar-refractivity contribution is 1.24. The fourth-order valence-electron chi connectivity index (χ4n) is 3.62. The first-order valence-corrected chi connectivity index (χ1v) is 7.99. The monoisotopic (exact) mass is 284 g/mol. The van der Waals surface area contributed by atoms with Crippen LogP contribution in [0.1, 0.15) is 42.5 Å². The highest BCUT2D eigenvalue weighted by Crippen LogP contribution is 2.42. The minimum Gasteiger partial charge on any atom is -0.0801 e. The van der Waals surface area contributed by atoms with E-state index in [1.54, 1.807) is 0 Å². The van der Waals surface area contributed by atoms with E-state index in [1.165, 1.54) is 44.5 Å². The molecule has 0 amide bonds. The van der Waals surface area contributed by atoms with E-state index < -0.39 is 0 Å². The molecule has 22 heavy (non-hydrogen) atoms. The van der Waals surface area contributed by atoms with Gasteiger partial charge >= 0.3 is 0 Å². The third-order valence-electron chi connectivity index (χ3n) is 4.58. The Balaban J connectivity index is 1.95. The summed E-state index contributed by atoms with van der Waals surface area (Å²) in [6.45, 7) is 4.37. The van der Waals surface area contributed by atoms with E-state index in [-0.39, 0.29) is 0 Å². The molecule has 0 radical (unpaired) electrons. The Morgan fingerprint density at radius 1 is 0.955 bits per heavy atom. The molecule has 2 aliphatic carbocycles. The van der Waals surface area contributed by atoms with Crippen molar-refractivity contribution in [2.45, 2.75) is 26.7 Å². The normalized spacial score (nSPS) is 14.5. The van der Waals surface area contributed by atoms with Gasteiger partial charge in [0.2, 0.25) is 0 Å². The second kappa shape index (κ2) is 5.14. The first-order chi connectivity index (χ1) is 10.7.